The largest absolute Gasteiger partial charge is 0.497 e. The van der Waals surface area contributed by atoms with E-state index < -0.39 is 0 Å². The van der Waals surface area contributed by atoms with Crippen molar-refractivity contribution >= 4 is 17.5 Å². The second kappa shape index (κ2) is 8.54. The maximum atomic E-state index is 12.6. The van der Waals surface area contributed by atoms with Crippen LogP contribution in [-0.4, -0.2) is 36.0 Å². The summed E-state index contributed by atoms with van der Waals surface area (Å²) in [5.41, 5.74) is 2.00. The number of fused-ring (bicyclic) bond motifs is 2. The Morgan fingerprint density at radius 1 is 1.07 bits per heavy atom. The molecular formula is C23H27ClN2O2. The Hall–Kier alpha value is -2.04. The van der Waals surface area contributed by atoms with E-state index in [1.807, 2.05) is 12.1 Å². The summed E-state index contributed by atoms with van der Waals surface area (Å²) in [5.74, 6) is 0.899. The van der Waals surface area contributed by atoms with Crippen molar-refractivity contribution in [2.24, 2.45) is 0 Å². The Kier molecular flexibility index (Phi) is 5.88. The van der Waals surface area contributed by atoms with Crippen LogP contribution in [-0.2, 0) is 6.54 Å². The molecule has 5 heteroatoms. The molecule has 2 fully saturated rings. The number of hydrogen-bond acceptors (Lipinski definition) is 3. The van der Waals surface area contributed by atoms with Gasteiger partial charge in [0.1, 0.15) is 5.75 Å². The first-order chi connectivity index (χ1) is 13.6. The molecule has 0 radical (unpaired) electrons. The van der Waals surface area contributed by atoms with Crippen LogP contribution in [0.5, 0.6) is 5.75 Å². The molecule has 2 aromatic rings. The third-order valence-corrected chi connectivity index (χ3v) is 6.34. The Bertz CT molecular complexity index is 792. The third-order valence-electron chi connectivity index (χ3n) is 6.09. The molecule has 0 spiro atoms. The zero-order valence-corrected chi connectivity index (χ0v) is 17.0. The van der Waals surface area contributed by atoms with Gasteiger partial charge in [-0.15, -0.1) is 0 Å². The van der Waals surface area contributed by atoms with Crippen molar-refractivity contribution in [1.82, 2.24) is 10.2 Å². The minimum atomic E-state index is 0.00310. The molecule has 28 heavy (non-hydrogen) atoms. The minimum absolute atomic E-state index is 0.00310. The summed E-state index contributed by atoms with van der Waals surface area (Å²) in [6.07, 6.45) is 5.74. The summed E-state index contributed by atoms with van der Waals surface area (Å²) in [5, 5.41) is 3.91. The van der Waals surface area contributed by atoms with Crippen molar-refractivity contribution in [1.29, 1.82) is 0 Å². The van der Waals surface area contributed by atoms with Crippen molar-refractivity contribution < 1.29 is 9.53 Å². The molecule has 1 amide bonds. The Morgan fingerprint density at radius 2 is 1.71 bits per heavy atom. The molecule has 0 aromatic heterocycles. The van der Waals surface area contributed by atoms with Crippen LogP contribution in [0.3, 0.4) is 0 Å². The van der Waals surface area contributed by atoms with Gasteiger partial charge in [0, 0.05) is 35.3 Å². The summed E-state index contributed by atoms with van der Waals surface area (Å²) >= 11 is 5.93. The van der Waals surface area contributed by atoms with Crippen LogP contribution in [0.25, 0.3) is 0 Å². The normalized spacial score (nSPS) is 24.6. The highest BCUT2D eigenvalue weighted by atomic mass is 35.5. The zero-order chi connectivity index (χ0) is 19.5. The molecule has 4 nitrogen and oxygen atoms in total. The number of rotatable bonds is 5. The number of piperidine rings is 2. The van der Waals surface area contributed by atoms with E-state index >= 15 is 0 Å². The third kappa shape index (κ3) is 4.34. The molecule has 0 aliphatic carbocycles. The smallest absolute Gasteiger partial charge is 0.251 e. The molecule has 4 rings (SSSR count). The lowest BCUT2D eigenvalue weighted by Gasteiger charge is -2.49. The number of benzene rings is 2. The first kappa shape index (κ1) is 19.3. The summed E-state index contributed by atoms with van der Waals surface area (Å²) in [7, 11) is 1.70. The van der Waals surface area contributed by atoms with Gasteiger partial charge in [0.05, 0.1) is 7.11 Å². The van der Waals surface area contributed by atoms with Crippen LogP contribution in [0.2, 0.25) is 5.02 Å². The summed E-state index contributed by atoms with van der Waals surface area (Å²) in [4.78, 5) is 15.2. The van der Waals surface area contributed by atoms with Crippen LogP contribution in [0.1, 0.15) is 48.0 Å². The van der Waals surface area contributed by atoms with Crippen molar-refractivity contribution in [3.63, 3.8) is 0 Å². The number of ether oxygens (including phenoxy) is 1. The fourth-order valence-electron chi connectivity index (χ4n) is 4.67. The van der Waals surface area contributed by atoms with E-state index in [0.717, 1.165) is 25.1 Å². The fourth-order valence-corrected chi connectivity index (χ4v) is 4.79. The van der Waals surface area contributed by atoms with Crippen molar-refractivity contribution in [3.8, 4) is 5.75 Å². The number of amides is 1. The molecule has 2 bridgehead atoms. The predicted molar refractivity (Wildman–Crippen MR) is 112 cm³/mol. The highest BCUT2D eigenvalue weighted by molar-refractivity contribution is 6.30. The number of carbonyl (C=O) groups is 1. The van der Waals surface area contributed by atoms with Crippen molar-refractivity contribution in [3.05, 3.63) is 64.7 Å². The lowest BCUT2D eigenvalue weighted by molar-refractivity contribution is 0.0177. The fraction of sp³-hybridized carbons (Fsp3) is 0.435. The standard InChI is InChI=1S/C23H27ClN2O2/c1-28-22-11-5-16(6-12-22)15-26-20-3-2-4-21(26)14-19(13-20)25-23(27)17-7-9-18(24)10-8-17/h5-12,19-21H,2-4,13-15H2,1H3,(H,25,27). The summed E-state index contributed by atoms with van der Waals surface area (Å²) < 4.78 is 5.27. The summed E-state index contributed by atoms with van der Waals surface area (Å²) in [6.45, 7) is 0.969. The van der Waals surface area contributed by atoms with E-state index in [9.17, 15) is 4.79 Å². The number of halogens is 1. The van der Waals surface area contributed by atoms with Gasteiger partial charge in [-0.3, -0.25) is 9.69 Å². The lowest BCUT2D eigenvalue weighted by atomic mass is 9.81. The molecule has 2 aromatic carbocycles. The SMILES string of the molecule is COc1ccc(CN2C3CCCC2CC(NC(=O)c2ccc(Cl)cc2)C3)cc1. The number of nitrogens with one attached hydrogen (secondary N) is 1. The molecule has 2 aliphatic heterocycles. The Balaban J connectivity index is 1.39. The molecule has 0 saturated carbocycles. The van der Waals surface area contributed by atoms with E-state index in [0.29, 0.717) is 22.7 Å². The summed E-state index contributed by atoms with van der Waals surface area (Å²) in [6, 6.07) is 16.8. The Labute approximate surface area is 171 Å². The number of carbonyl (C=O) groups excluding carboxylic acids is 1. The molecule has 2 heterocycles. The van der Waals surface area contributed by atoms with E-state index in [-0.39, 0.29) is 11.9 Å². The second-order valence-corrected chi connectivity index (χ2v) is 8.34. The predicted octanol–water partition coefficient (Wildman–Crippen LogP) is 4.66. The van der Waals surface area contributed by atoms with E-state index in [1.165, 1.54) is 24.8 Å². The van der Waals surface area contributed by atoms with E-state index in [2.05, 4.69) is 22.3 Å². The highest BCUT2D eigenvalue weighted by Crippen LogP contribution is 2.35. The van der Waals surface area contributed by atoms with Gasteiger partial charge in [-0.2, -0.15) is 0 Å². The highest BCUT2D eigenvalue weighted by Gasteiger charge is 2.38. The Morgan fingerprint density at radius 3 is 2.32 bits per heavy atom. The van der Waals surface area contributed by atoms with E-state index in [4.69, 9.17) is 16.3 Å². The molecule has 148 valence electrons. The van der Waals surface area contributed by atoms with Crippen LogP contribution in [0, 0.1) is 0 Å². The molecule has 1 N–H and O–H groups in total. The van der Waals surface area contributed by atoms with Crippen LogP contribution >= 0.6 is 11.6 Å². The average molecular weight is 399 g/mol. The van der Waals surface area contributed by atoms with Gasteiger partial charge in [0.15, 0.2) is 0 Å². The zero-order valence-electron chi connectivity index (χ0n) is 16.2. The molecule has 2 atom stereocenters. The van der Waals surface area contributed by atoms with Gasteiger partial charge in [0.25, 0.3) is 5.91 Å². The minimum Gasteiger partial charge on any atom is -0.497 e. The van der Waals surface area contributed by atoms with Gasteiger partial charge in [-0.1, -0.05) is 30.2 Å². The van der Waals surface area contributed by atoms with Gasteiger partial charge in [0.2, 0.25) is 0 Å². The number of methoxy groups -OCH3 is 1. The first-order valence-electron chi connectivity index (χ1n) is 10.1. The number of hydrogen-bond donors (Lipinski definition) is 1. The monoisotopic (exact) mass is 398 g/mol. The molecular weight excluding hydrogens is 372 g/mol. The molecule has 2 saturated heterocycles. The van der Waals surface area contributed by atoms with Gasteiger partial charge in [-0.05, 0) is 67.6 Å². The first-order valence-corrected chi connectivity index (χ1v) is 10.5. The lowest BCUT2D eigenvalue weighted by Crippen LogP contribution is -2.56. The number of nitrogens with zero attached hydrogens (tertiary/aromatic N) is 1. The van der Waals surface area contributed by atoms with Crippen molar-refractivity contribution in [2.75, 3.05) is 7.11 Å². The molecule has 2 unspecified atom stereocenters. The second-order valence-electron chi connectivity index (χ2n) is 7.91. The van der Waals surface area contributed by atoms with Crippen LogP contribution in [0.15, 0.2) is 48.5 Å². The topological polar surface area (TPSA) is 41.6 Å². The van der Waals surface area contributed by atoms with Gasteiger partial charge < -0.3 is 10.1 Å². The molecule has 2 aliphatic rings. The average Bonchev–Trinajstić information content (AvgIpc) is 2.69. The van der Waals surface area contributed by atoms with Gasteiger partial charge in [-0.25, -0.2) is 0 Å². The maximum absolute atomic E-state index is 12.6. The van der Waals surface area contributed by atoms with Gasteiger partial charge >= 0.3 is 0 Å². The van der Waals surface area contributed by atoms with E-state index in [1.54, 1.807) is 31.4 Å². The maximum Gasteiger partial charge on any atom is 0.251 e. The quantitative estimate of drug-likeness (QED) is 0.796. The van der Waals surface area contributed by atoms with Crippen LogP contribution < -0.4 is 10.1 Å². The van der Waals surface area contributed by atoms with Crippen LogP contribution in [0.4, 0.5) is 0 Å². The van der Waals surface area contributed by atoms with Crippen molar-refractivity contribution in [2.45, 2.75) is 56.8 Å².